The second-order valence-electron chi connectivity index (χ2n) is 5.85. The van der Waals surface area contributed by atoms with Gasteiger partial charge in [0.15, 0.2) is 11.7 Å². The zero-order valence-corrected chi connectivity index (χ0v) is 17.0. The number of ether oxygens (including phenoxy) is 2. The largest absolute Gasteiger partial charge is 0.496 e. The molecule has 0 saturated carbocycles. The first-order valence-electron chi connectivity index (χ1n) is 8.94. The molecule has 0 bridgehead atoms. The highest BCUT2D eigenvalue weighted by Gasteiger charge is 2.06. The van der Waals surface area contributed by atoms with Gasteiger partial charge < -0.3 is 9.47 Å². The van der Waals surface area contributed by atoms with Gasteiger partial charge in [0.05, 0.1) is 7.11 Å². The van der Waals surface area contributed by atoms with Gasteiger partial charge in [0.2, 0.25) is 5.91 Å². The van der Waals surface area contributed by atoms with E-state index in [0.29, 0.717) is 11.5 Å². The second kappa shape index (κ2) is 11.5. The lowest BCUT2D eigenvalue weighted by atomic mass is 10.2. The van der Waals surface area contributed by atoms with Crippen LogP contribution in [0.3, 0.4) is 0 Å². The van der Waals surface area contributed by atoms with Crippen LogP contribution in [0.4, 0.5) is 0 Å². The molecule has 3 N–H and O–H groups in total. The van der Waals surface area contributed by atoms with Gasteiger partial charge in [0.1, 0.15) is 11.5 Å². The minimum atomic E-state index is -0.449. The molecule has 0 aliphatic heterocycles. The summed E-state index contributed by atoms with van der Waals surface area (Å²) in [6, 6.07) is 14.8. The first-order chi connectivity index (χ1) is 14.0. The average molecular weight is 413 g/mol. The van der Waals surface area contributed by atoms with Crippen LogP contribution in [0.1, 0.15) is 18.1 Å². The summed E-state index contributed by atoms with van der Waals surface area (Å²) >= 11 is 4.98. The molecule has 0 saturated heterocycles. The first kappa shape index (κ1) is 21.9. The molecule has 2 amide bonds. The molecule has 0 aromatic heterocycles. The Hall–Kier alpha value is -3.39. The van der Waals surface area contributed by atoms with Gasteiger partial charge in [-0.15, -0.1) is 0 Å². The van der Waals surface area contributed by atoms with E-state index in [1.54, 1.807) is 31.4 Å². The molecule has 0 radical (unpaired) electrons. The number of benzene rings is 2. The van der Waals surface area contributed by atoms with Crippen molar-refractivity contribution in [1.82, 2.24) is 16.2 Å². The van der Waals surface area contributed by atoms with Crippen LogP contribution >= 0.6 is 12.2 Å². The van der Waals surface area contributed by atoms with E-state index in [0.717, 1.165) is 12.0 Å². The average Bonchev–Trinajstić information content (AvgIpc) is 2.75. The minimum absolute atomic E-state index is 0.0414. The van der Waals surface area contributed by atoms with Gasteiger partial charge in [0.25, 0.3) is 5.91 Å². The number of aryl methyl sites for hydroxylation is 1. The maximum absolute atomic E-state index is 11.9. The molecule has 2 rings (SSSR count). The topological polar surface area (TPSA) is 88.7 Å². The molecule has 0 aliphatic rings. The lowest BCUT2D eigenvalue weighted by Crippen LogP contribution is -2.49. The SMILES string of the molecule is CCc1ccc(OCC(=O)NNC(=S)NC(=O)C=Cc2ccccc2OC)cc1. The van der Waals surface area contributed by atoms with Crippen LogP contribution in [-0.2, 0) is 16.0 Å². The highest BCUT2D eigenvalue weighted by Crippen LogP contribution is 2.18. The number of methoxy groups -OCH3 is 1. The van der Waals surface area contributed by atoms with E-state index in [1.807, 2.05) is 30.3 Å². The second-order valence-corrected chi connectivity index (χ2v) is 6.26. The summed E-state index contributed by atoms with van der Waals surface area (Å²) in [5.41, 5.74) is 6.74. The standard InChI is InChI=1S/C21H23N3O4S/c1-3-15-8-11-17(12-9-15)28-14-20(26)23-24-21(29)22-19(25)13-10-16-6-4-5-7-18(16)27-2/h4-13H,3,14H2,1-2H3,(H,23,26)(H2,22,24,25,29). The van der Waals surface area contributed by atoms with Crippen LogP contribution in [0, 0.1) is 0 Å². The minimum Gasteiger partial charge on any atom is -0.496 e. The molecule has 2 aromatic rings. The van der Waals surface area contributed by atoms with Gasteiger partial charge in [0, 0.05) is 11.6 Å². The fourth-order valence-electron chi connectivity index (χ4n) is 2.29. The number of hydrogen-bond donors (Lipinski definition) is 3. The molecule has 2 aromatic carbocycles. The summed E-state index contributed by atoms with van der Waals surface area (Å²) in [5, 5.41) is 2.39. The molecule has 152 valence electrons. The summed E-state index contributed by atoms with van der Waals surface area (Å²) in [6.45, 7) is 1.87. The van der Waals surface area contributed by atoms with E-state index < -0.39 is 11.8 Å². The maximum Gasteiger partial charge on any atom is 0.276 e. The van der Waals surface area contributed by atoms with Crippen LogP contribution < -0.4 is 25.6 Å². The molecular formula is C21H23N3O4S. The van der Waals surface area contributed by atoms with Crippen molar-refractivity contribution in [3.05, 3.63) is 65.7 Å². The number of carbonyl (C=O) groups excluding carboxylic acids is 2. The van der Waals surface area contributed by atoms with E-state index in [2.05, 4.69) is 23.1 Å². The highest BCUT2D eigenvalue weighted by molar-refractivity contribution is 7.80. The number of carbonyl (C=O) groups is 2. The lowest BCUT2D eigenvalue weighted by Gasteiger charge is -2.11. The van der Waals surface area contributed by atoms with E-state index in [1.165, 1.54) is 11.6 Å². The van der Waals surface area contributed by atoms with Crippen LogP contribution in [0.2, 0.25) is 0 Å². The van der Waals surface area contributed by atoms with Crippen molar-refractivity contribution in [2.45, 2.75) is 13.3 Å². The van der Waals surface area contributed by atoms with Crippen LogP contribution in [-0.4, -0.2) is 30.6 Å². The van der Waals surface area contributed by atoms with Crippen LogP contribution in [0.25, 0.3) is 6.08 Å². The number of amides is 2. The number of para-hydroxylation sites is 1. The Morgan fingerprint density at radius 1 is 1.07 bits per heavy atom. The van der Waals surface area contributed by atoms with E-state index in [-0.39, 0.29) is 11.7 Å². The smallest absolute Gasteiger partial charge is 0.276 e. The maximum atomic E-state index is 11.9. The molecule has 0 aliphatic carbocycles. The number of rotatable bonds is 7. The van der Waals surface area contributed by atoms with E-state index in [4.69, 9.17) is 21.7 Å². The van der Waals surface area contributed by atoms with Crippen molar-refractivity contribution in [2.24, 2.45) is 0 Å². The summed E-state index contributed by atoms with van der Waals surface area (Å²) in [7, 11) is 1.55. The fraction of sp³-hybridized carbons (Fsp3) is 0.190. The predicted molar refractivity (Wildman–Crippen MR) is 115 cm³/mol. The summed E-state index contributed by atoms with van der Waals surface area (Å²) in [4.78, 5) is 23.7. The molecule has 7 nitrogen and oxygen atoms in total. The van der Waals surface area contributed by atoms with Crippen molar-refractivity contribution in [3.8, 4) is 11.5 Å². The van der Waals surface area contributed by atoms with E-state index >= 15 is 0 Å². The van der Waals surface area contributed by atoms with Gasteiger partial charge in [-0.1, -0.05) is 37.3 Å². The first-order valence-corrected chi connectivity index (χ1v) is 9.35. The third-order valence-corrected chi connectivity index (χ3v) is 4.01. The molecule has 8 heteroatoms. The highest BCUT2D eigenvalue weighted by atomic mass is 32.1. The number of thiocarbonyl (C=S) groups is 1. The predicted octanol–water partition coefficient (Wildman–Crippen LogP) is 2.37. The Bertz CT molecular complexity index is 882. The van der Waals surface area contributed by atoms with Crippen molar-refractivity contribution in [2.75, 3.05) is 13.7 Å². The molecule has 0 fully saturated rings. The number of nitrogens with one attached hydrogen (secondary N) is 3. The van der Waals surface area contributed by atoms with Crippen molar-refractivity contribution >= 4 is 35.2 Å². The van der Waals surface area contributed by atoms with Crippen molar-refractivity contribution in [1.29, 1.82) is 0 Å². The summed E-state index contributed by atoms with van der Waals surface area (Å²) < 4.78 is 10.6. The number of hydrogen-bond acceptors (Lipinski definition) is 5. The van der Waals surface area contributed by atoms with Gasteiger partial charge in [-0.25, -0.2) is 0 Å². The Balaban J connectivity index is 1.71. The molecule has 0 heterocycles. The van der Waals surface area contributed by atoms with Gasteiger partial charge in [-0.05, 0) is 48.5 Å². The number of hydrazine groups is 1. The molecule has 29 heavy (non-hydrogen) atoms. The van der Waals surface area contributed by atoms with Crippen LogP contribution in [0.5, 0.6) is 11.5 Å². The Kier molecular flexibility index (Phi) is 8.65. The van der Waals surface area contributed by atoms with E-state index in [9.17, 15) is 9.59 Å². The van der Waals surface area contributed by atoms with Crippen molar-refractivity contribution < 1.29 is 19.1 Å². The lowest BCUT2D eigenvalue weighted by molar-refractivity contribution is -0.123. The fourth-order valence-corrected chi connectivity index (χ4v) is 2.44. The molecule has 0 unspecified atom stereocenters. The monoisotopic (exact) mass is 413 g/mol. The zero-order valence-electron chi connectivity index (χ0n) is 16.2. The van der Waals surface area contributed by atoms with Gasteiger partial charge in [-0.3, -0.25) is 25.8 Å². The van der Waals surface area contributed by atoms with Gasteiger partial charge >= 0.3 is 0 Å². The molecular weight excluding hydrogens is 390 g/mol. The Labute approximate surface area is 175 Å². The summed E-state index contributed by atoms with van der Waals surface area (Å²) in [6.07, 6.45) is 3.85. The van der Waals surface area contributed by atoms with Crippen molar-refractivity contribution in [3.63, 3.8) is 0 Å². The summed E-state index contributed by atoms with van der Waals surface area (Å²) in [5.74, 6) is 0.351. The normalized spacial score (nSPS) is 10.3. The third-order valence-electron chi connectivity index (χ3n) is 3.81. The quantitative estimate of drug-likeness (QED) is 0.367. The molecule has 0 atom stereocenters. The third kappa shape index (κ3) is 7.63. The zero-order chi connectivity index (χ0) is 21.1. The Morgan fingerprint density at radius 3 is 2.48 bits per heavy atom. The van der Waals surface area contributed by atoms with Crippen LogP contribution in [0.15, 0.2) is 54.6 Å². The molecule has 0 spiro atoms. The van der Waals surface area contributed by atoms with Gasteiger partial charge in [-0.2, -0.15) is 0 Å². The Morgan fingerprint density at radius 2 is 1.79 bits per heavy atom.